The van der Waals surface area contributed by atoms with Gasteiger partial charge in [0.25, 0.3) is 0 Å². The summed E-state index contributed by atoms with van der Waals surface area (Å²) in [5, 5.41) is 2.91. The largest absolute Gasteiger partial charge is 0.301 e. The number of nitrogens with zero attached hydrogens (tertiary/aromatic N) is 1. The molecule has 0 aliphatic heterocycles. The Morgan fingerprint density at radius 3 is 2.59 bits per heavy atom. The molecule has 2 aromatic rings. The van der Waals surface area contributed by atoms with Crippen LogP contribution in [0, 0.1) is 11.6 Å². The fourth-order valence-corrected chi connectivity index (χ4v) is 2.69. The SMILES string of the molecule is CC(C(=O)Nc1nc(-c2ccc(F)c(F)c2)cs1)S(C)(=O)=O. The van der Waals surface area contributed by atoms with Crippen LogP contribution in [0.25, 0.3) is 11.3 Å². The standard InChI is InChI=1S/C13H12F2N2O3S2/c1-7(22(2,19)20)12(18)17-13-16-11(6-21-13)8-3-4-9(14)10(15)5-8/h3-7H,1-2H3,(H,16,17,18). The molecule has 9 heteroatoms. The lowest BCUT2D eigenvalue weighted by Gasteiger charge is -2.07. The van der Waals surface area contributed by atoms with Gasteiger partial charge in [0.15, 0.2) is 26.6 Å². The van der Waals surface area contributed by atoms with Gasteiger partial charge in [-0.25, -0.2) is 22.2 Å². The maximum Gasteiger partial charge on any atom is 0.244 e. The zero-order chi connectivity index (χ0) is 16.5. The molecule has 1 aromatic heterocycles. The molecule has 0 spiro atoms. The van der Waals surface area contributed by atoms with Crippen molar-refractivity contribution in [3.05, 3.63) is 35.2 Å². The van der Waals surface area contributed by atoms with Gasteiger partial charge in [0, 0.05) is 17.2 Å². The maximum atomic E-state index is 13.2. The molecule has 0 aliphatic rings. The molecule has 0 saturated heterocycles. The molecule has 1 amide bonds. The second-order valence-corrected chi connectivity index (χ2v) is 7.85. The van der Waals surface area contributed by atoms with Gasteiger partial charge >= 0.3 is 0 Å². The zero-order valence-corrected chi connectivity index (χ0v) is 13.3. The van der Waals surface area contributed by atoms with Gasteiger partial charge in [-0.05, 0) is 25.1 Å². The Morgan fingerprint density at radius 2 is 2.00 bits per heavy atom. The highest BCUT2D eigenvalue weighted by atomic mass is 32.2. The third-order valence-electron chi connectivity index (χ3n) is 2.96. The molecule has 5 nitrogen and oxygen atoms in total. The van der Waals surface area contributed by atoms with E-state index in [2.05, 4.69) is 10.3 Å². The predicted octanol–water partition coefficient (Wildman–Crippen LogP) is 2.46. The zero-order valence-electron chi connectivity index (χ0n) is 11.6. The van der Waals surface area contributed by atoms with E-state index >= 15 is 0 Å². The van der Waals surface area contributed by atoms with Crippen LogP contribution in [0.2, 0.25) is 0 Å². The number of hydrogen-bond donors (Lipinski definition) is 1. The topological polar surface area (TPSA) is 76.1 Å². The lowest BCUT2D eigenvalue weighted by Crippen LogP contribution is -2.31. The molecule has 0 aliphatic carbocycles. The number of halogens is 2. The number of carbonyl (C=O) groups is 1. The van der Waals surface area contributed by atoms with Gasteiger partial charge in [0.05, 0.1) is 5.69 Å². The van der Waals surface area contributed by atoms with E-state index in [1.807, 2.05) is 0 Å². The second kappa shape index (κ2) is 6.09. The monoisotopic (exact) mass is 346 g/mol. The number of amides is 1. The summed E-state index contributed by atoms with van der Waals surface area (Å²) in [6.45, 7) is 1.27. The number of carbonyl (C=O) groups excluding carboxylic acids is 1. The van der Waals surface area contributed by atoms with E-state index in [0.717, 1.165) is 29.7 Å². The summed E-state index contributed by atoms with van der Waals surface area (Å²) in [6, 6.07) is 3.33. The number of benzene rings is 1. The first-order valence-corrected chi connectivity index (χ1v) is 8.92. The van der Waals surface area contributed by atoms with Crippen LogP contribution in [-0.2, 0) is 14.6 Å². The van der Waals surface area contributed by atoms with Crippen LogP contribution in [0.3, 0.4) is 0 Å². The average Bonchev–Trinajstić information content (AvgIpc) is 2.88. The Bertz CT molecular complexity index is 818. The first kappa shape index (κ1) is 16.5. The first-order chi connectivity index (χ1) is 10.2. The summed E-state index contributed by atoms with van der Waals surface area (Å²) >= 11 is 1.06. The van der Waals surface area contributed by atoms with Crippen LogP contribution in [0.1, 0.15) is 6.92 Å². The minimum Gasteiger partial charge on any atom is -0.301 e. The summed E-state index contributed by atoms with van der Waals surface area (Å²) in [5.41, 5.74) is 0.706. The third kappa shape index (κ3) is 3.66. The van der Waals surface area contributed by atoms with Crippen molar-refractivity contribution in [3.8, 4) is 11.3 Å². The molecule has 1 heterocycles. The highest BCUT2D eigenvalue weighted by Gasteiger charge is 2.24. The van der Waals surface area contributed by atoms with E-state index in [0.29, 0.717) is 11.3 Å². The highest BCUT2D eigenvalue weighted by Crippen LogP contribution is 2.26. The van der Waals surface area contributed by atoms with Crippen molar-refractivity contribution in [3.63, 3.8) is 0 Å². The molecular formula is C13H12F2N2O3S2. The summed E-state index contributed by atoms with van der Waals surface area (Å²) < 4.78 is 48.7. The smallest absolute Gasteiger partial charge is 0.244 e. The molecule has 1 aromatic carbocycles. The van der Waals surface area contributed by atoms with E-state index in [1.54, 1.807) is 5.38 Å². The third-order valence-corrected chi connectivity index (χ3v) is 5.22. The fraction of sp³-hybridized carbons (Fsp3) is 0.231. The van der Waals surface area contributed by atoms with Crippen molar-refractivity contribution >= 4 is 32.2 Å². The number of thiazole rings is 1. The molecule has 0 fully saturated rings. The minimum absolute atomic E-state index is 0.181. The molecule has 0 bridgehead atoms. The molecule has 118 valence electrons. The first-order valence-electron chi connectivity index (χ1n) is 6.09. The van der Waals surface area contributed by atoms with Crippen LogP contribution in [-0.4, -0.2) is 30.8 Å². The highest BCUT2D eigenvalue weighted by molar-refractivity contribution is 7.92. The van der Waals surface area contributed by atoms with E-state index in [-0.39, 0.29) is 5.13 Å². The van der Waals surface area contributed by atoms with Crippen LogP contribution in [0.15, 0.2) is 23.6 Å². The van der Waals surface area contributed by atoms with Crippen molar-refractivity contribution in [2.75, 3.05) is 11.6 Å². The second-order valence-electron chi connectivity index (χ2n) is 4.63. The Labute approximate surface area is 129 Å². The van der Waals surface area contributed by atoms with Gasteiger partial charge in [-0.2, -0.15) is 0 Å². The number of rotatable bonds is 4. The lowest BCUT2D eigenvalue weighted by atomic mass is 10.2. The number of aromatic nitrogens is 1. The molecule has 1 unspecified atom stereocenters. The van der Waals surface area contributed by atoms with Gasteiger partial charge in [-0.1, -0.05) is 0 Å². The Morgan fingerprint density at radius 1 is 1.32 bits per heavy atom. The van der Waals surface area contributed by atoms with Crippen LogP contribution in [0.5, 0.6) is 0 Å². The fourth-order valence-electron chi connectivity index (χ4n) is 1.52. The van der Waals surface area contributed by atoms with Crippen LogP contribution in [0.4, 0.5) is 13.9 Å². The maximum absolute atomic E-state index is 13.2. The van der Waals surface area contributed by atoms with Gasteiger partial charge in [0.1, 0.15) is 5.25 Å². The van der Waals surface area contributed by atoms with Gasteiger partial charge in [-0.15, -0.1) is 11.3 Å². The molecule has 0 saturated carbocycles. The summed E-state index contributed by atoms with van der Waals surface area (Å²) in [6.07, 6.45) is 0.964. The molecule has 2 rings (SSSR count). The van der Waals surface area contributed by atoms with Gasteiger partial charge in [0.2, 0.25) is 5.91 Å². The predicted molar refractivity (Wildman–Crippen MR) is 80.4 cm³/mol. The number of hydrogen-bond acceptors (Lipinski definition) is 5. The molecule has 1 atom stereocenters. The van der Waals surface area contributed by atoms with E-state index in [4.69, 9.17) is 0 Å². The van der Waals surface area contributed by atoms with Crippen molar-refractivity contribution in [2.24, 2.45) is 0 Å². The number of sulfone groups is 1. The van der Waals surface area contributed by atoms with Crippen molar-refractivity contribution < 1.29 is 22.0 Å². The van der Waals surface area contributed by atoms with Crippen molar-refractivity contribution in [1.82, 2.24) is 4.98 Å². The van der Waals surface area contributed by atoms with Crippen molar-refractivity contribution in [1.29, 1.82) is 0 Å². The molecule has 1 N–H and O–H groups in total. The Kier molecular flexibility index (Phi) is 4.57. The number of nitrogens with one attached hydrogen (secondary N) is 1. The molecule has 22 heavy (non-hydrogen) atoms. The Balaban J connectivity index is 2.18. The van der Waals surface area contributed by atoms with E-state index in [9.17, 15) is 22.0 Å². The summed E-state index contributed by atoms with van der Waals surface area (Å²) in [5.74, 6) is -2.66. The van der Waals surface area contributed by atoms with Crippen LogP contribution < -0.4 is 5.32 Å². The van der Waals surface area contributed by atoms with E-state index < -0.39 is 32.6 Å². The van der Waals surface area contributed by atoms with Gasteiger partial charge < -0.3 is 5.32 Å². The molecular weight excluding hydrogens is 334 g/mol. The average molecular weight is 346 g/mol. The lowest BCUT2D eigenvalue weighted by molar-refractivity contribution is -0.115. The summed E-state index contributed by atoms with van der Waals surface area (Å²) in [7, 11) is -3.50. The summed E-state index contributed by atoms with van der Waals surface area (Å²) in [4.78, 5) is 15.8. The number of anilines is 1. The van der Waals surface area contributed by atoms with Crippen LogP contribution >= 0.6 is 11.3 Å². The Hall–Kier alpha value is -1.87. The molecule has 0 radical (unpaired) electrons. The quantitative estimate of drug-likeness (QED) is 0.923. The van der Waals surface area contributed by atoms with Gasteiger partial charge in [-0.3, -0.25) is 4.79 Å². The minimum atomic E-state index is -3.50. The van der Waals surface area contributed by atoms with Crippen molar-refractivity contribution in [2.45, 2.75) is 12.2 Å². The van der Waals surface area contributed by atoms with E-state index in [1.165, 1.54) is 13.0 Å². The normalized spacial score (nSPS) is 12.9.